The maximum Gasteiger partial charge on any atom is 0.271 e. The summed E-state index contributed by atoms with van der Waals surface area (Å²) in [6.45, 7) is 4.00. The summed E-state index contributed by atoms with van der Waals surface area (Å²) >= 11 is 5.63. The zero-order valence-electron chi connectivity index (χ0n) is 11.9. The Morgan fingerprint density at radius 1 is 1.41 bits per heavy atom. The van der Waals surface area contributed by atoms with Crippen LogP contribution in [0.1, 0.15) is 13.8 Å². The van der Waals surface area contributed by atoms with Crippen molar-refractivity contribution in [1.82, 2.24) is 13.9 Å². The van der Waals surface area contributed by atoms with Gasteiger partial charge in [0.1, 0.15) is 0 Å². The number of nitrogens with zero attached hydrogens (tertiary/aromatic N) is 2. The number of nitrogen functional groups attached to an aromatic ring is 1. The second-order valence-corrected chi connectivity index (χ2v) is 6.76. The maximum atomic E-state index is 11.4. The van der Waals surface area contributed by atoms with Gasteiger partial charge in [0.2, 0.25) is 0 Å². The monoisotopic (exact) mass is 492 g/mol. The van der Waals surface area contributed by atoms with Crippen molar-refractivity contribution in [3.63, 3.8) is 0 Å². The molecular weight excluding hydrogens is 479 g/mol. The second kappa shape index (κ2) is 7.51. The first-order chi connectivity index (χ1) is 10.6. The Kier molecular flexibility index (Phi) is 5.93. The molecule has 5 nitrogen and oxygen atoms in total. The number of halogens is 2. The zero-order valence-corrected chi connectivity index (χ0v) is 16.5. The van der Waals surface area contributed by atoms with E-state index in [1.165, 1.54) is 9.12 Å². The highest BCUT2D eigenvalue weighted by molar-refractivity contribution is 14.2. The number of nitrogens with one attached hydrogen (secondary N) is 1. The van der Waals surface area contributed by atoms with Gasteiger partial charge in [-0.1, -0.05) is 13.8 Å². The number of fused-ring (bicyclic) bond motifs is 1. The van der Waals surface area contributed by atoms with Gasteiger partial charge in [0.25, 0.3) is 5.56 Å². The van der Waals surface area contributed by atoms with E-state index in [0.29, 0.717) is 0 Å². The van der Waals surface area contributed by atoms with Gasteiger partial charge in [0, 0.05) is 69.9 Å². The summed E-state index contributed by atoms with van der Waals surface area (Å²) in [5.74, 6) is 0. The second-order valence-electron chi connectivity index (χ2n) is 4.14. The highest BCUT2D eigenvalue weighted by Gasteiger charge is 2.13. The minimum absolute atomic E-state index is 0.202. The molecule has 0 aliphatic rings. The molecule has 0 saturated carbocycles. The van der Waals surface area contributed by atoms with Crippen molar-refractivity contribution in [2.24, 2.45) is 0 Å². The number of hydrogen-bond acceptors (Lipinski definition) is 4. The number of pyridine rings is 2. The third-order valence-corrected chi connectivity index (χ3v) is 5.03. The standard InChI is InChI=1S/C12H8BrIN4OS.C2H6/c13-7-2-8-9(5-18(20-14)11(8)16-4-7)6-1-10(15)12(19)17-3-6;1-2/h1-5H,15H2,(H,17,19);1-2H3. The van der Waals surface area contributed by atoms with Crippen molar-refractivity contribution in [2.75, 3.05) is 5.73 Å². The Balaban J connectivity index is 0.000000847. The molecule has 8 heteroatoms. The van der Waals surface area contributed by atoms with Gasteiger partial charge >= 0.3 is 0 Å². The van der Waals surface area contributed by atoms with E-state index in [2.05, 4.69) is 47.1 Å². The summed E-state index contributed by atoms with van der Waals surface area (Å²) in [5.41, 5.74) is 8.31. The third kappa shape index (κ3) is 3.33. The van der Waals surface area contributed by atoms with E-state index in [-0.39, 0.29) is 11.2 Å². The SMILES string of the molecule is CC.Nc1cc(-c2cn(SI)c3ncc(Br)cc23)c[nH]c1=O. The third-order valence-electron chi connectivity index (χ3n) is 2.90. The Morgan fingerprint density at radius 3 is 2.77 bits per heavy atom. The molecule has 3 N–H and O–H groups in total. The number of nitrogens with two attached hydrogens (primary N) is 1. The average Bonchev–Trinajstić information content (AvgIpc) is 2.90. The summed E-state index contributed by atoms with van der Waals surface area (Å²) in [6, 6.07) is 3.68. The lowest BCUT2D eigenvalue weighted by Crippen LogP contribution is -2.10. The van der Waals surface area contributed by atoms with Gasteiger partial charge in [0.05, 0.1) is 5.69 Å². The van der Waals surface area contributed by atoms with Gasteiger partial charge < -0.3 is 10.7 Å². The average molecular weight is 493 g/mol. The molecule has 0 bridgehead atoms. The molecule has 0 atom stereocenters. The molecule has 3 aromatic rings. The molecule has 0 aliphatic heterocycles. The van der Waals surface area contributed by atoms with Gasteiger partial charge in [0.15, 0.2) is 5.65 Å². The number of rotatable bonds is 2. The Bertz CT molecular complexity index is 862. The molecule has 0 radical (unpaired) electrons. The molecule has 0 spiro atoms. The minimum Gasteiger partial charge on any atom is -0.394 e. The number of H-pyrrole nitrogens is 1. The van der Waals surface area contributed by atoms with Crippen molar-refractivity contribution < 1.29 is 0 Å². The van der Waals surface area contributed by atoms with Crippen molar-refractivity contribution in [3.05, 3.63) is 45.5 Å². The molecule has 22 heavy (non-hydrogen) atoms. The van der Waals surface area contributed by atoms with Crippen molar-refractivity contribution in [1.29, 1.82) is 0 Å². The number of anilines is 1. The number of aromatic amines is 1. The Morgan fingerprint density at radius 2 is 2.14 bits per heavy atom. The first-order valence-corrected chi connectivity index (χ1v) is 10.7. The lowest BCUT2D eigenvalue weighted by Gasteiger charge is -2.00. The summed E-state index contributed by atoms with van der Waals surface area (Å²) in [5, 5.41) is 0.995. The molecule has 116 valence electrons. The van der Waals surface area contributed by atoms with Crippen LogP contribution in [0.3, 0.4) is 0 Å². The largest absolute Gasteiger partial charge is 0.394 e. The van der Waals surface area contributed by atoms with E-state index in [9.17, 15) is 4.79 Å². The van der Waals surface area contributed by atoms with Crippen LogP contribution in [-0.4, -0.2) is 13.9 Å². The molecule has 3 heterocycles. The lowest BCUT2D eigenvalue weighted by atomic mass is 10.1. The predicted octanol–water partition coefficient (Wildman–Crippen LogP) is 4.61. The molecule has 0 fully saturated rings. The first-order valence-electron chi connectivity index (χ1n) is 6.54. The number of aromatic nitrogens is 3. The van der Waals surface area contributed by atoms with Crippen LogP contribution < -0.4 is 11.3 Å². The van der Waals surface area contributed by atoms with Gasteiger partial charge in [-0.2, -0.15) is 0 Å². The van der Waals surface area contributed by atoms with Crippen LogP contribution in [0.25, 0.3) is 22.2 Å². The van der Waals surface area contributed by atoms with Gasteiger partial charge in [-0.15, -0.1) is 0 Å². The minimum atomic E-state index is -0.278. The van der Waals surface area contributed by atoms with Crippen LogP contribution in [0.4, 0.5) is 5.69 Å². The van der Waals surface area contributed by atoms with E-state index < -0.39 is 0 Å². The van der Waals surface area contributed by atoms with Gasteiger partial charge in [-0.05, 0) is 28.1 Å². The molecule has 0 aromatic carbocycles. The van der Waals surface area contributed by atoms with Gasteiger partial charge in [-0.25, -0.2) is 4.98 Å². The smallest absolute Gasteiger partial charge is 0.271 e. The topological polar surface area (TPSA) is 76.7 Å². The van der Waals surface area contributed by atoms with Crippen LogP contribution in [-0.2, 0) is 0 Å². The normalized spacial score (nSPS) is 10.4. The fourth-order valence-corrected chi connectivity index (χ4v) is 3.58. The van der Waals surface area contributed by atoms with Crippen LogP contribution in [0.5, 0.6) is 0 Å². The first kappa shape index (κ1) is 17.4. The van der Waals surface area contributed by atoms with Crippen molar-refractivity contribution in [3.8, 4) is 11.1 Å². The van der Waals surface area contributed by atoms with E-state index >= 15 is 0 Å². The fraction of sp³-hybridized carbons (Fsp3) is 0.143. The highest BCUT2D eigenvalue weighted by Crippen LogP contribution is 2.34. The number of hydrogen-bond donors (Lipinski definition) is 2. The van der Waals surface area contributed by atoms with Crippen molar-refractivity contribution >= 4 is 63.0 Å². The zero-order chi connectivity index (χ0) is 16.3. The summed E-state index contributed by atoms with van der Waals surface area (Å²) in [6.07, 6.45) is 5.40. The Hall–Kier alpha value is -1.00. The molecular formula is C14H14BrIN4OS. The molecule has 3 aromatic heterocycles. The molecule has 0 unspecified atom stereocenters. The molecule has 0 amide bonds. The molecule has 0 aliphatic carbocycles. The summed E-state index contributed by atoms with van der Waals surface area (Å²) in [4.78, 5) is 18.4. The van der Waals surface area contributed by atoms with E-state index in [1.807, 2.05) is 30.1 Å². The fourth-order valence-electron chi connectivity index (χ4n) is 1.99. The summed E-state index contributed by atoms with van der Waals surface area (Å²) < 4.78 is 2.87. The predicted molar refractivity (Wildman–Crippen MR) is 106 cm³/mol. The Labute approximate surface area is 152 Å². The quantitative estimate of drug-likeness (QED) is 0.512. The van der Waals surface area contributed by atoms with Crippen molar-refractivity contribution in [2.45, 2.75) is 13.8 Å². The van der Waals surface area contributed by atoms with Crippen LogP contribution in [0, 0.1) is 0 Å². The lowest BCUT2D eigenvalue weighted by molar-refractivity contribution is 1.24. The van der Waals surface area contributed by atoms with E-state index in [4.69, 9.17) is 5.73 Å². The maximum absolute atomic E-state index is 11.4. The molecule has 3 rings (SSSR count). The van der Waals surface area contributed by atoms with Crippen LogP contribution in [0.15, 0.2) is 40.0 Å². The van der Waals surface area contributed by atoms with E-state index in [1.54, 1.807) is 18.5 Å². The van der Waals surface area contributed by atoms with Crippen LogP contribution >= 0.6 is 46.3 Å². The highest BCUT2D eigenvalue weighted by atomic mass is 127. The molecule has 0 saturated heterocycles. The van der Waals surface area contributed by atoms with Gasteiger partial charge in [-0.3, -0.25) is 8.77 Å². The van der Waals surface area contributed by atoms with E-state index in [0.717, 1.165) is 26.6 Å². The summed E-state index contributed by atoms with van der Waals surface area (Å²) in [7, 11) is 1.53. The van der Waals surface area contributed by atoms with Crippen LogP contribution in [0.2, 0.25) is 0 Å².